The van der Waals surface area contributed by atoms with Crippen molar-refractivity contribution in [2.24, 2.45) is 0 Å². The number of thiol groups is 1. The van der Waals surface area contributed by atoms with Crippen LogP contribution in [0.5, 0.6) is 0 Å². The maximum atomic E-state index is 11.4. The van der Waals surface area contributed by atoms with E-state index in [9.17, 15) is 8.42 Å². The van der Waals surface area contributed by atoms with E-state index in [0.717, 1.165) is 16.7 Å². The Morgan fingerprint density at radius 2 is 1.33 bits per heavy atom. The van der Waals surface area contributed by atoms with Crippen LogP contribution in [0.4, 0.5) is 0 Å². The molecule has 2 aromatic rings. The molecule has 0 unspecified atom stereocenters. The number of hydrogen-bond donors (Lipinski definition) is 1. The molecule has 18 heavy (non-hydrogen) atoms. The van der Waals surface area contributed by atoms with E-state index >= 15 is 0 Å². The van der Waals surface area contributed by atoms with Gasteiger partial charge >= 0.3 is 0 Å². The van der Waals surface area contributed by atoms with Gasteiger partial charge in [-0.3, -0.25) is 0 Å². The van der Waals surface area contributed by atoms with Crippen molar-refractivity contribution in [2.75, 3.05) is 6.26 Å². The van der Waals surface area contributed by atoms with Crippen LogP contribution < -0.4 is 0 Å². The van der Waals surface area contributed by atoms with E-state index in [1.165, 1.54) is 6.26 Å². The molecule has 2 aromatic carbocycles. The van der Waals surface area contributed by atoms with Crippen LogP contribution >= 0.6 is 12.6 Å². The summed E-state index contributed by atoms with van der Waals surface area (Å²) in [7, 11) is -3.12. The second-order valence-electron chi connectivity index (χ2n) is 4.15. The molecule has 0 saturated carbocycles. The SMILES string of the molecule is CS(=O)(=O)c1ccc(-c2ccc(CS)cc2)cc1. The van der Waals surface area contributed by atoms with Crippen molar-refractivity contribution in [3.63, 3.8) is 0 Å². The zero-order chi connectivity index (χ0) is 13.2. The highest BCUT2D eigenvalue weighted by molar-refractivity contribution is 7.90. The van der Waals surface area contributed by atoms with Crippen molar-refractivity contribution in [3.05, 3.63) is 54.1 Å². The molecule has 0 heterocycles. The normalized spacial score (nSPS) is 11.4. The summed E-state index contributed by atoms with van der Waals surface area (Å²) in [5, 5.41) is 0. The van der Waals surface area contributed by atoms with Crippen LogP contribution in [0.25, 0.3) is 11.1 Å². The summed E-state index contributed by atoms with van der Waals surface area (Å²) < 4.78 is 22.7. The molecule has 0 aromatic heterocycles. The number of hydrogen-bond acceptors (Lipinski definition) is 3. The highest BCUT2D eigenvalue weighted by atomic mass is 32.2. The molecule has 2 rings (SSSR count). The van der Waals surface area contributed by atoms with Gasteiger partial charge < -0.3 is 0 Å². The van der Waals surface area contributed by atoms with E-state index in [1.807, 2.05) is 36.4 Å². The predicted octanol–water partition coefficient (Wildman–Crippen LogP) is 3.19. The van der Waals surface area contributed by atoms with E-state index in [2.05, 4.69) is 12.6 Å². The lowest BCUT2D eigenvalue weighted by Gasteiger charge is -2.04. The minimum Gasteiger partial charge on any atom is -0.224 e. The fourth-order valence-electron chi connectivity index (χ4n) is 1.70. The Kier molecular flexibility index (Phi) is 3.78. The Morgan fingerprint density at radius 3 is 1.72 bits per heavy atom. The highest BCUT2D eigenvalue weighted by Crippen LogP contribution is 2.22. The van der Waals surface area contributed by atoms with Gasteiger partial charge in [-0.05, 0) is 28.8 Å². The second kappa shape index (κ2) is 5.16. The monoisotopic (exact) mass is 278 g/mol. The highest BCUT2D eigenvalue weighted by Gasteiger charge is 2.06. The van der Waals surface area contributed by atoms with Crippen LogP contribution in [0.2, 0.25) is 0 Å². The summed E-state index contributed by atoms with van der Waals surface area (Å²) in [4.78, 5) is 0.346. The van der Waals surface area contributed by atoms with Gasteiger partial charge in [0.1, 0.15) is 0 Å². The number of sulfone groups is 1. The molecule has 94 valence electrons. The van der Waals surface area contributed by atoms with Crippen LogP contribution in [0.15, 0.2) is 53.4 Å². The molecule has 0 N–H and O–H groups in total. The van der Waals surface area contributed by atoms with E-state index in [4.69, 9.17) is 0 Å². The van der Waals surface area contributed by atoms with Gasteiger partial charge in [-0.15, -0.1) is 0 Å². The van der Waals surface area contributed by atoms with Crippen molar-refractivity contribution in [1.29, 1.82) is 0 Å². The molecular weight excluding hydrogens is 264 g/mol. The van der Waals surface area contributed by atoms with E-state index in [1.54, 1.807) is 12.1 Å². The zero-order valence-corrected chi connectivity index (χ0v) is 11.7. The van der Waals surface area contributed by atoms with E-state index in [-0.39, 0.29) is 0 Å². The van der Waals surface area contributed by atoms with Crippen LogP contribution in [0.1, 0.15) is 5.56 Å². The third-order valence-electron chi connectivity index (χ3n) is 2.75. The molecule has 0 saturated heterocycles. The first-order valence-electron chi connectivity index (χ1n) is 5.51. The second-order valence-corrected chi connectivity index (χ2v) is 6.48. The third-order valence-corrected chi connectivity index (χ3v) is 4.25. The van der Waals surface area contributed by atoms with Gasteiger partial charge in [-0.1, -0.05) is 36.4 Å². The van der Waals surface area contributed by atoms with Gasteiger partial charge in [0.25, 0.3) is 0 Å². The standard InChI is InChI=1S/C14H14O2S2/c1-18(15,16)14-8-6-13(7-9-14)12-4-2-11(10-17)3-5-12/h2-9,17H,10H2,1H3. The van der Waals surface area contributed by atoms with Crippen molar-refractivity contribution in [1.82, 2.24) is 0 Å². The van der Waals surface area contributed by atoms with E-state index in [0.29, 0.717) is 10.6 Å². The smallest absolute Gasteiger partial charge is 0.175 e. The molecule has 0 bridgehead atoms. The first-order valence-corrected chi connectivity index (χ1v) is 8.03. The van der Waals surface area contributed by atoms with Crippen LogP contribution in [0, 0.1) is 0 Å². The average Bonchev–Trinajstić information content (AvgIpc) is 2.38. The largest absolute Gasteiger partial charge is 0.224 e. The molecule has 0 atom stereocenters. The number of rotatable bonds is 3. The van der Waals surface area contributed by atoms with Crippen molar-refractivity contribution in [2.45, 2.75) is 10.6 Å². The molecule has 2 nitrogen and oxygen atoms in total. The fraction of sp³-hybridized carbons (Fsp3) is 0.143. The number of benzene rings is 2. The molecule has 0 fully saturated rings. The van der Waals surface area contributed by atoms with Gasteiger partial charge in [0.15, 0.2) is 9.84 Å². The van der Waals surface area contributed by atoms with Gasteiger partial charge in [-0.2, -0.15) is 12.6 Å². The predicted molar refractivity (Wildman–Crippen MR) is 77.7 cm³/mol. The van der Waals surface area contributed by atoms with Crippen molar-refractivity contribution < 1.29 is 8.42 Å². The fourth-order valence-corrected chi connectivity index (χ4v) is 2.54. The molecule has 0 aliphatic heterocycles. The Hall–Kier alpha value is -1.26. The Bertz CT molecular complexity index is 626. The molecular formula is C14H14O2S2. The van der Waals surface area contributed by atoms with Gasteiger partial charge in [0, 0.05) is 12.0 Å². The molecule has 0 aliphatic carbocycles. The van der Waals surface area contributed by atoms with Gasteiger partial charge in [0.2, 0.25) is 0 Å². The van der Waals surface area contributed by atoms with Gasteiger partial charge in [-0.25, -0.2) is 8.42 Å². The summed E-state index contributed by atoms with van der Waals surface area (Å²) in [6, 6.07) is 15.0. The molecule has 4 heteroatoms. The molecule has 0 radical (unpaired) electrons. The minimum absolute atomic E-state index is 0.346. The molecule has 0 aliphatic rings. The summed E-state index contributed by atoms with van der Waals surface area (Å²) in [6.45, 7) is 0. The summed E-state index contributed by atoms with van der Waals surface area (Å²) in [6.07, 6.45) is 1.21. The topological polar surface area (TPSA) is 34.1 Å². The maximum absolute atomic E-state index is 11.4. The van der Waals surface area contributed by atoms with Crippen LogP contribution in [-0.2, 0) is 15.6 Å². The Labute approximate surface area is 113 Å². The Balaban J connectivity index is 2.34. The lowest BCUT2D eigenvalue weighted by Crippen LogP contribution is -1.96. The summed E-state index contributed by atoms with van der Waals surface area (Å²) in [5.74, 6) is 0.716. The quantitative estimate of drug-likeness (QED) is 0.875. The zero-order valence-electron chi connectivity index (χ0n) is 10.00. The summed E-state index contributed by atoms with van der Waals surface area (Å²) in [5.41, 5.74) is 3.24. The van der Waals surface area contributed by atoms with Crippen molar-refractivity contribution in [3.8, 4) is 11.1 Å². The van der Waals surface area contributed by atoms with Gasteiger partial charge in [0.05, 0.1) is 4.90 Å². The molecule has 0 spiro atoms. The third kappa shape index (κ3) is 2.94. The molecule has 0 amide bonds. The average molecular weight is 278 g/mol. The lowest BCUT2D eigenvalue weighted by molar-refractivity contribution is 0.602. The maximum Gasteiger partial charge on any atom is 0.175 e. The van der Waals surface area contributed by atoms with Crippen LogP contribution in [0.3, 0.4) is 0 Å². The summed E-state index contributed by atoms with van der Waals surface area (Å²) >= 11 is 4.21. The Morgan fingerprint density at radius 1 is 0.889 bits per heavy atom. The first kappa shape index (κ1) is 13.2. The lowest BCUT2D eigenvalue weighted by atomic mass is 10.0. The first-order chi connectivity index (χ1) is 8.50. The van der Waals surface area contributed by atoms with E-state index < -0.39 is 9.84 Å². The minimum atomic E-state index is -3.12. The van der Waals surface area contributed by atoms with Crippen LogP contribution in [-0.4, -0.2) is 14.7 Å². The van der Waals surface area contributed by atoms with Crippen molar-refractivity contribution >= 4 is 22.5 Å².